The predicted octanol–water partition coefficient (Wildman–Crippen LogP) is 2.65. The molecule has 128 valence electrons. The number of nitrogens with one attached hydrogen (secondary N) is 1. The van der Waals surface area contributed by atoms with Gasteiger partial charge in [0.25, 0.3) is 5.91 Å². The number of carbonyl (C=O) groups is 2. The molecule has 1 saturated heterocycles. The number of halogens is 2. The lowest BCUT2D eigenvalue weighted by Gasteiger charge is -2.27. The minimum Gasteiger partial charge on any atom is -0.378 e. The molecule has 1 aromatic rings. The molecule has 0 spiro atoms. The van der Waals surface area contributed by atoms with E-state index < -0.39 is 5.25 Å². The lowest BCUT2D eigenvalue weighted by atomic mass is 10.2. The number of ether oxygens (including phenoxy) is 1. The average molecular weight is 388 g/mol. The van der Waals surface area contributed by atoms with Crippen molar-refractivity contribution in [3.05, 3.63) is 28.2 Å². The number of carbonyl (C=O) groups excluding carboxylic acids is 2. The topological polar surface area (TPSA) is 71.0 Å². The third-order valence-corrected chi connectivity index (χ3v) is 5.64. The molecule has 0 saturated carbocycles. The molecule has 0 radical (unpaired) electrons. The van der Waals surface area contributed by atoms with Crippen LogP contribution in [0, 0.1) is 0 Å². The fourth-order valence-corrected chi connectivity index (χ4v) is 3.83. The van der Waals surface area contributed by atoms with Gasteiger partial charge in [0.2, 0.25) is 5.91 Å². The highest BCUT2D eigenvalue weighted by atomic mass is 35.5. The average Bonchev–Trinajstić information content (AvgIpc) is 2.93. The first kappa shape index (κ1) is 17.5. The Bertz CT molecular complexity index is 693. The second kappa shape index (κ2) is 7.74. The monoisotopic (exact) mass is 387 g/mol. The number of hydrogen-bond donors (Lipinski definition) is 1. The Morgan fingerprint density at radius 3 is 2.88 bits per heavy atom. The zero-order valence-electron chi connectivity index (χ0n) is 12.6. The highest BCUT2D eigenvalue weighted by Crippen LogP contribution is 2.31. The van der Waals surface area contributed by atoms with Crippen LogP contribution in [0.25, 0.3) is 0 Å². The highest BCUT2D eigenvalue weighted by Gasteiger charge is 2.33. The summed E-state index contributed by atoms with van der Waals surface area (Å²) in [6.07, 6.45) is 0.0314. The zero-order chi connectivity index (χ0) is 17.1. The van der Waals surface area contributed by atoms with Gasteiger partial charge in [0, 0.05) is 19.5 Å². The maximum absolute atomic E-state index is 12.2. The minimum atomic E-state index is -0.513. The van der Waals surface area contributed by atoms with E-state index in [1.807, 2.05) is 4.90 Å². The van der Waals surface area contributed by atoms with E-state index in [-0.39, 0.29) is 23.3 Å². The SMILES string of the molecule is O=C(C[C@@H]1SC(N2CCOCC2)=NC1=O)Nc1cccc(Cl)c1Cl. The van der Waals surface area contributed by atoms with Crippen molar-refractivity contribution in [3.63, 3.8) is 0 Å². The van der Waals surface area contributed by atoms with E-state index in [2.05, 4.69) is 10.3 Å². The van der Waals surface area contributed by atoms with Gasteiger partial charge in [-0.1, -0.05) is 41.0 Å². The number of hydrogen-bond acceptors (Lipinski definition) is 5. The van der Waals surface area contributed by atoms with E-state index in [9.17, 15) is 9.59 Å². The van der Waals surface area contributed by atoms with E-state index in [1.165, 1.54) is 11.8 Å². The number of benzene rings is 1. The molecule has 24 heavy (non-hydrogen) atoms. The number of amides is 2. The molecule has 1 atom stereocenters. The summed E-state index contributed by atoms with van der Waals surface area (Å²) >= 11 is 13.3. The van der Waals surface area contributed by atoms with Gasteiger partial charge in [-0.3, -0.25) is 9.59 Å². The van der Waals surface area contributed by atoms with Gasteiger partial charge in [0.1, 0.15) is 5.25 Å². The van der Waals surface area contributed by atoms with Crippen LogP contribution < -0.4 is 5.32 Å². The molecule has 0 aromatic heterocycles. The summed E-state index contributed by atoms with van der Waals surface area (Å²) in [5, 5.41) is 3.48. The summed E-state index contributed by atoms with van der Waals surface area (Å²) in [7, 11) is 0. The van der Waals surface area contributed by atoms with Gasteiger partial charge >= 0.3 is 0 Å². The Kier molecular flexibility index (Phi) is 5.65. The lowest BCUT2D eigenvalue weighted by Crippen LogP contribution is -2.39. The fourth-order valence-electron chi connectivity index (χ4n) is 2.37. The number of amidine groups is 1. The number of anilines is 1. The first-order valence-corrected chi connectivity index (χ1v) is 9.04. The Morgan fingerprint density at radius 2 is 2.12 bits per heavy atom. The van der Waals surface area contributed by atoms with Gasteiger partial charge in [0.05, 0.1) is 28.9 Å². The summed E-state index contributed by atoms with van der Waals surface area (Å²) in [4.78, 5) is 30.3. The van der Waals surface area contributed by atoms with Crippen LogP contribution in [0.5, 0.6) is 0 Å². The molecule has 1 aromatic carbocycles. The number of rotatable bonds is 3. The molecular formula is C15H15Cl2N3O3S. The molecule has 2 amide bonds. The molecular weight excluding hydrogens is 373 g/mol. The molecule has 2 aliphatic rings. The summed E-state index contributed by atoms with van der Waals surface area (Å²) < 4.78 is 5.29. The molecule has 3 rings (SSSR count). The van der Waals surface area contributed by atoms with Gasteiger partial charge in [-0.25, -0.2) is 0 Å². The minimum absolute atomic E-state index is 0.0314. The lowest BCUT2D eigenvalue weighted by molar-refractivity contribution is -0.121. The molecule has 0 aliphatic carbocycles. The Hall–Kier alpha value is -1.28. The summed E-state index contributed by atoms with van der Waals surface area (Å²) in [6, 6.07) is 4.99. The van der Waals surface area contributed by atoms with Crippen molar-refractivity contribution in [2.75, 3.05) is 31.6 Å². The van der Waals surface area contributed by atoms with Crippen LogP contribution in [0.1, 0.15) is 6.42 Å². The van der Waals surface area contributed by atoms with Gasteiger partial charge < -0.3 is 15.0 Å². The number of thioether (sulfide) groups is 1. The summed E-state index contributed by atoms with van der Waals surface area (Å²) in [6.45, 7) is 2.64. The van der Waals surface area contributed by atoms with Crippen molar-refractivity contribution in [1.82, 2.24) is 4.90 Å². The molecule has 0 bridgehead atoms. The van der Waals surface area contributed by atoms with E-state index in [0.717, 1.165) is 0 Å². The number of aliphatic imine (C=N–C) groups is 1. The van der Waals surface area contributed by atoms with Crippen molar-refractivity contribution in [1.29, 1.82) is 0 Å². The zero-order valence-corrected chi connectivity index (χ0v) is 15.0. The maximum atomic E-state index is 12.2. The Labute approximate surface area is 153 Å². The van der Waals surface area contributed by atoms with Crippen LogP contribution >= 0.6 is 35.0 Å². The smallest absolute Gasteiger partial charge is 0.262 e. The maximum Gasteiger partial charge on any atom is 0.262 e. The molecule has 0 unspecified atom stereocenters. The molecule has 1 fully saturated rings. The van der Waals surface area contributed by atoms with E-state index >= 15 is 0 Å². The second-order valence-electron chi connectivity index (χ2n) is 5.29. The van der Waals surface area contributed by atoms with Gasteiger partial charge in [-0.15, -0.1) is 0 Å². The largest absolute Gasteiger partial charge is 0.378 e. The molecule has 2 heterocycles. The van der Waals surface area contributed by atoms with Crippen molar-refractivity contribution >= 4 is 57.6 Å². The van der Waals surface area contributed by atoms with Gasteiger partial charge in [-0.2, -0.15) is 4.99 Å². The van der Waals surface area contributed by atoms with Crippen molar-refractivity contribution < 1.29 is 14.3 Å². The van der Waals surface area contributed by atoms with Crippen molar-refractivity contribution in [2.45, 2.75) is 11.7 Å². The quantitative estimate of drug-likeness (QED) is 0.862. The summed E-state index contributed by atoms with van der Waals surface area (Å²) in [5.74, 6) is -0.586. The first-order chi connectivity index (χ1) is 11.5. The van der Waals surface area contributed by atoms with Crippen LogP contribution in [0.2, 0.25) is 10.0 Å². The van der Waals surface area contributed by atoms with Crippen molar-refractivity contribution in [3.8, 4) is 0 Å². The summed E-state index contributed by atoms with van der Waals surface area (Å²) in [5.41, 5.74) is 0.430. The highest BCUT2D eigenvalue weighted by molar-refractivity contribution is 8.15. The van der Waals surface area contributed by atoms with Crippen LogP contribution in [-0.4, -0.2) is 53.4 Å². The standard InChI is InChI=1S/C15H15Cl2N3O3S/c16-9-2-1-3-10(13(9)17)18-12(21)8-11-14(22)19-15(24-11)20-4-6-23-7-5-20/h1-3,11H,4-8H2,(H,18,21)/t11-/m0/s1. The number of nitrogens with zero attached hydrogens (tertiary/aromatic N) is 2. The first-order valence-electron chi connectivity index (χ1n) is 7.40. The van der Waals surface area contributed by atoms with Crippen molar-refractivity contribution in [2.24, 2.45) is 4.99 Å². The van der Waals surface area contributed by atoms with E-state index in [0.29, 0.717) is 42.2 Å². The third-order valence-electron chi connectivity index (χ3n) is 3.61. The Morgan fingerprint density at radius 1 is 1.38 bits per heavy atom. The van der Waals surface area contributed by atoms with E-state index in [1.54, 1.807) is 18.2 Å². The normalized spacial score (nSPS) is 20.9. The van der Waals surface area contributed by atoms with Crippen LogP contribution in [0.3, 0.4) is 0 Å². The predicted molar refractivity (Wildman–Crippen MR) is 95.9 cm³/mol. The third kappa shape index (κ3) is 4.03. The molecule has 2 aliphatic heterocycles. The Balaban J connectivity index is 1.57. The van der Waals surface area contributed by atoms with Gasteiger partial charge in [0.15, 0.2) is 5.17 Å². The van der Waals surface area contributed by atoms with Gasteiger partial charge in [-0.05, 0) is 12.1 Å². The molecule has 1 N–H and O–H groups in total. The molecule has 6 nitrogen and oxygen atoms in total. The second-order valence-corrected chi connectivity index (χ2v) is 7.25. The molecule has 9 heteroatoms. The van der Waals surface area contributed by atoms with Crippen LogP contribution in [0.4, 0.5) is 5.69 Å². The van der Waals surface area contributed by atoms with Crippen LogP contribution in [0.15, 0.2) is 23.2 Å². The van der Waals surface area contributed by atoms with Crippen LogP contribution in [-0.2, 0) is 14.3 Å². The number of morpholine rings is 1. The fraction of sp³-hybridized carbons (Fsp3) is 0.400. The van der Waals surface area contributed by atoms with E-state index in [4.69, 9.17) is 27.9 Å².